The van der Waals surface area contributed by atoms with Gasteiger partial charge in [-0.3, -0.25) is 0 Å². The molecule has 66 heavy (non-hydrogen) atoms. The van der Waals surface area contributed by atoms with Gasteiger partial charge in [-0.15, -0.1) is 0 Å². The lowest BCUT2D eigenvalue weighted by atomic mass is 9.64. The lowest BCUT2D eigenvalue weighted by Crippen LogP contribution is -2.39. The lowest BCUT2D eigenvalue weighted by Gasteiger charge is -2.43. The Morgan fingerprint density at radius 1 is 0.652 bits per heavy atom. The molecule has 0 heterocycles. The van der Waals surface area contributed by atoms with Gasteiger partial charge in [-0.05, 0) is 138 Å². The molecule has 5 aliphatic rings. The number of para-hydroxylation sites is 1. The first-order chi connectivity index (χ1) is 31.6. The number of nitrogens with one attached hydrogen (secondary N) is 2. The molecule has 0 bridgehead atoms. The Balaban J connectivity index is 0.918. The van der Waals surface area contributed by atoms with Crippen LogP contribution in [0.5, 0.6) is 5.75 Å². The van der Waals surface area contributed by atoms with Crippen molar-refractivity contribution in [3.63, 3.8) is 0 Å². The van der Waals surface area contributed by atoms with E-state index < -0.39 is 42.3 Å². The number of carbonyl (C=O) groups excluding carboxylic acids is 5. The Morgan fingerprint density at radius 2 is 1.20 bits per heavy atom. The summed E-state index contributed by atoms with van der Waals surface area (Å²) in [7, 11) is 0. The molecule has 2 amide bonds. The van der Waals surface area contributed by atoms with Gasteiger partial charge in [0.2, 0.25) is 0 Å². The van der Waals surface area contributed by atoms with Crippen molar-refractivity contribution >= 4 is 30.1 Å². The van der Waals surface area contributed by atoms with Crippen LogP contribution in [0.3, 0.4) is 0 Å². The molecule has 5 saturated carbocycles. The van der Waals surface area contributed by atoms with E-state index in [1.807, 2.05) is 30.3 Å². The third kappa shape index (κ3) is 11.8. The number of rotatable bonds is 30. The Labute approximate surface area is 390 Å². The second kappa shape index (κ2) is 22.3. The van der Waals surface area contributed by atoms with Crippen molar-refractivity contribution in [3.05, 3.63) is 66.8 Å². The average Bonchev–Trinajstić information content (AvgIpc) is 4.23. The normalized spacial score (nSPS) is 27.7. The second-order valence-corrected chi connectivity index (χ2v) is 19.7. The van der Waals surface area contributed by atoms with Gasteiger partial charge in [0, 0.05) is 35.2 Å². The van der Waals surface area contributed by atoms with E-state index in [4.69, 9.17) is 37.9 Å². The Kier molecular flexibility index (Phi) is 17.0. The number of alkyl carbamates (subject to hydrolysis) is 2. The van der Waals surface area contributed by atoms with Gasteiger partial charge >= 0.3 is 30.1 Å². The first-order valence-corrected chi connectivity index (χ1v) is 23.8. The Bertz CT molecular complexity index is 1940. The number of ether oxygens (including phenoxy) is 8. The van der Waals surface area contributed by atoms with Crippen LogP contribution >= 0.6 is 0 Å². The van der Waals surface area contributed by atoms with E-state index in [1.165, 1.54) is 12.8 Å². The number of hydrogen-bond acceptors (Lipinski definition) is 13. The molecule has 0 radical (unpaired) electrons. The summed E-state index contributed by atoms with van der Waals surface area (Å²) in [6.07, 6.45) is 7.44. The van der Waals surface area contributed by atoms with Gasteiger partial charge in [-0.25, -0.2) is 24.0 Å². The fourth-order valence-electron chi connectivity index (χ4n) is 11.4. The van der Waals surface area contributed by atoms with Crippen molar-refractivity contribution in [1.29, 1.82) is 0 Å². The summed E-state index contributed by atoms with van der Waals surface area (Å²) in [6.45, 7) is 20.8. The summed E-state index contributed by atoms with van der Waals surface area (Å²) >= 11 is 0. The van der Waals surface area contributed by atoms with Gasteiger partial charge in [0.1, 0.15) is 19.0 Å². The maximum absolute atomic E-state index is 12.9. The minimum absolute atomic E-state index is 0.0321. The van der Waals surface area contributed by atoms with E-state index in [-0.39, 0.29) is 42.8 Å². The summed E-state index contributed by atoms with van der Waals surface area (Å²) in [5, 5.41) is 5.59. The van der Waals surface area contributed by atoms with Gasteiger partial charge in [0.05, 0.1) is 39.6 Å². The standard InChI is InChI=1S/C51H72N2O13/c1-34(2)43(54)61-23-15-9-13-21-52-46(57)65-38(29-63-37-17-11-8-12-18-37)28-60-33-49-31-51(49)41-19-20-48(7,25-40(41)42-26-50(42,49)51)32-59-27-39(30-64-45(56)36(5)6)66-47(58)53-22-14-10-16-24-62-44(55)35(3)4/h8,11-12,17-18,38-42H,1,3,5,9-10,13-16,19-33H2,2,4,6-7H3,(H,52,57)(H,53,58). The van der Waals surface area contributed by atoms with E-state index in [0.29, 0.717) is 104 Å². The fourth-order valence-corrected chi connectivity index (χ4v) is 11.4. The molecule has 364 valence electrons. The Morgan fingerprint density at radius 3 is 1.77 bits per heavy atom. The van der Waals surface area contributed by atoms with Crippen LogP contribution in [0.15, 0.2) is 66.8 Å². The van der Waals surface area contributed by atoms with Crippen LogP contribution in [-0.4, -0.2) is 108 Å². The molecule has 1 aromatic carbocycles. The number of esters is 3. The predicted molar refractivity (Wildman–Crippen MR) is 244 cm³/mol. The van der Waals surface area contributed by atoms with Crippen LogP contribution in [0.4, 0.5) is 9.59 Å². The minimum Gasteiger partial charge on any atom is -0.490 e. The highest BCUT2D eigenvalue weighted by atomic mass is 16.6. The monoisotopic (exact) mass is 921 g/mol. The Hall–Kier alpha value is -4.89. The molecule has 0 aromatic heterocycles. The van der Waals surface area contributed by atoms with Crippen molar-refractivity contribution in [2.24, 2.45) is 39.4 Å². The van der Waals surface area contributed by atoms with E-state index in [1.54, 1.807) is 20.8 Å². The molecular weight excluding hydrogens is 849 g/mol. The number of benzene rings is 1. The van der Waals surface area contributed by atoms with E-state index >= 15 is 0 Å². The maximum atomic E-state index is 12.9. The molecule has 2 spiro atoms. The van der Waals surface area contributed by atoms with Crippen molar-refractivity contribution in [2.75, 3.05) is 65.9 Å². The van der Waals surface area contributed by atoms with E-state index in [2.05, 4.69) is 37.3 Å². The molecule has 0 aliphatic heterocycles. The molecule has 9 unspecified atom stereocenters. The summed E-state index contributed by atoms with van der Waals surface area (Å²) in [5.74, 6) is 1.31. The van der Waals surface area contributed by atoms with E-state index in [9.17, 15) is 24.0 Å². The maximum Gasteiger partial charge on any atom is 0.407 e. The highest BCUT2D eigenvalue weighted by Gasteiger charge is 3.10. The van der Waals surface area contributed by atoms with Crippen molar-refractivity contribution < 1.29 is 61.9 Å². The molecule has 1 aromatic rings. The average molecular weight is 921 g/mol. The van der Waals surface area contributed by atoms with Gasteiger partial charge < -0.3 is 48.5 Å². The minimum atomic E-state index is -0.793. The zero-order valence-corrected chi connectivity index (χ0v) is 39.6. The third-order valence-corrected chi connectivity index (χ3v) is 14.6. The first-order valence-electron chi connectivity index (χ1n) is 23.8. The summed E-state index contributed by atoms with van der Waals surface area (Å²) in [5.41, 5.74) is 1.89. The first kappa shape index (κ1) is 50.5. The van der Waals surface area contributed by atoms with Crippen LogP contribution in [0.1, 0.15) is 98.3 Å². The SMILES string of the molecule is C=C(C)C(=O)OCCCCCNC(=O)OC(COCC1(C)CCC2C(C1)C1CC13C1(COCC(COc4ccccc4)OC(=O)NCCCCCOC(=O)C(=C)C)CC213)COC(=O)C(=C)C. The van der Waals surface area contributed by atoms with Gasteiger partial charge in [0.25, 0.3) is 0 Å². The van der Waals surface area contributed by atoms with Gasteiger partial charge in [-0.2, -0.15) is 0 Å². The number of amides is 2. The molecule has 9 atom stereocenters. The van der Waals surface area contributed by atoms with Crippen molar-refractivity contribution in [2.45, 2.75) is 111 Å². The topological polar surface area (TPSA) is 183 Å². The van der Waals surface area contributed by atoms with Crippen LogP contribution in [0, 0.1) is 39.4 Å². The molecule has 5 aliphatic carbocycles. The molecule has 15 heteroatoms. The second-order valence-electron chi connectivity index (χ2n) is 19.7. The smallest absolute Gasteiger partial charge is 0.407 e. The summed E-state index contributed by atoms with van der Waals surface area (Å²) < 4.78 is 45.8. The number of unbranched alkanes of at least 4 members (excludes halogenated alkanes) is 4. The van der Waals surface area contributed by atoms with Crippen LogP contribution in [0.2, 0.25) is 0 Å². The zero-order valence-electron chi connectivity index (χ0n) is 39.6. The zero-order chi connectivity index (χ0) is 47.5. The number of hydrogen-bond donors (Lipinski definition) is 2. The largest absolute Gasteiger partial charge is 0.490 e. The third-order valence-electron chi connectivity index (χ3n) is 14.6. The molecule has 0 saturated heterocycles. The van der Waals surface area contributed by atoms with Crippen LogP contribution in [-0.2, 0) is 47.5 Å². The molecule has 15 nitrogen and oxygen atoms in total. The quantitative estimate of drug-likeness (QED) is 0.0330. The molecule has 2 N–H and O–H groups in total. The van der Waals surface area contributed by atoms with Crippen molar-refractivity contribution in [3.8, 4) is 5.75 Å². The van der Waals surface area contributed by atoms with Gasteiger partial charge in [0.15, 0.2) is 12.2 Å². The van der Waals surface area contributed by atoms with Crippen LogP contribution < -0.4 is 15.4 Å². The highest BCUT2D eigenvalue weighted by molar-refractivity contribution is 5.87. The van der Waals surface area contributed by atoms with E-state index in [0.717, 1.165) is 38.5 Å². The lowest BCUT2D eigenvalue weighted by molar-refractivity contribution is -0.144. The van der Waals surface area contributed by atoms with Gasteiger partial charge in [-0.1, -0.05) is 44.9 Å². The van der Waals surface area contributed by atoms with Crippen LogP contribution in [0.25, 0.3) is 0 Å². The number of carbonyl (C=O) groups is 5. The molecule has 5 fully saturated rings. The summed E-state index contributed by atoms with van der Waals surface area (Å²) in [6, 6.07) is 9.45. The number of fused-ring (bicyclic) bond motifs is 2. The molecular formula is C51H72N2O13. The molecule has 6 rings (SSSR count). The summed E-state index contributed by atoms with van der Waals surface area (Å²) in [4.78, 5) is 60.9. The fraction of sp³-hybridized carbons (Fsp3) is 0.667. The highest BCUT2D eigenvalue weighted by Crippen LogP contribution is 3.13. The predicted octanol–water partition coefficient (Wildman–Crippen LogP) is 7.82. The van der Waals surface area contributed by atoms with Crippen molar-refractivity contribution in [1.82, 2.24) is 10.6 Å².